The molecule has 8 heteroatoms. The van der Waals surface area contributed by atoms with Crippen molar-refractivity contribution >= 4 is 5.96 Å². The second-order valence-corrected chi connectivity index (χ2v) is 7.24. The van der Waals surface area contributed by atoms with Crippen LogP contribution in [0.5, 0.6) is 0 Å². The summed E-state index contributed by atoms with van der Waals surface area (Å²) in [6.45, 7) is 9.73. The van der Waals surface area contributed by atoms with Crippen molar-refractivity contribution in [1.29, 1.82) is 0 Å². The number of hydrogen-bond donors (Lipinski definition) is 2. The Labute approximate surface area is 167 Å². The van der Waals surface area contributed by atoms with E-state index in [9.17, 15) is 0 Å². The van der Waals surface area contributed by atoms with Crippen LogP contribution in [-0.4, -0.2) is 70.3 Å². The number of piperazine rings is 1. The fraction of sp³-hybridized carbons (Fsp3) is 0.550. The van der Waals surface area contributed by atoms with Crippen molar-refractivity contribution < 1.29 is 0 Å². The zero-order chi connectivity index (χ0) is 19.8. The number of aliphatic imine (C=N–C) groups is 1. The van der Waals surface area contributed by atoms with E-state index in [0.29, 0.717) is 13.1 Å². The molecule has 0 aliphatic carbocycles. The summed E-state index contributed by atoms with van der Waals surface area (Å²) in [6.07, 6.45) is 1.56. The Morgan fingerprint density at radius 3 is 2.39 bits per heavy atom. The molecule has 0 bridgehead atoms. The number of guanidine groups is 1. The number of nitrogens with one attached hydrogen (secondary N) is 2. The molecular weight excluding hydrogens is 352 g/mol. The average Bonchev–Trinajstić information content (AvgIpc) is 3.12. The number of hydrogen-bond acceptors (Lipinski definition) is 5. The topological polar surface area (TPSA) is 73.6 Å². The smallest absolute Gasteiger partial charge is 0.191 e. The molecule has 8 nitrogen and oxygen atoms in total. The summed E-state index contributed by atoms with van der Waals surface area (Å²) in [7, 11) is 4.08. The number of aryl methyl sites for hydroxylation is 1. The molecular formula is C20H32N8. The summed E-state index contributed by atoms with van der Waals surface area (Å²) >= 11 is 0. The van der Waals surface area contributed by atoms with E-state index in [1.807, 2.05) is 7.05 Å². The highest BCUT2D eigenvalue weighted by Gasteiger charge is 2.13. The Morgan fingerprint density at radius 2 is 1.75 bits per heavy atom. The molecule has 3 rings (SSSR count). The summed E-state index contributed by atoms with van der Waals surface area (Å²) in [5.74, 6) is 1.66. The first-order valence-electron chi connectivity index (χ1n) is 9.98. The SMILES string of the molecule is CCNC(=NCc1ccc(CN2CCN(C)CC2)cc1)NCc1ncnn1C. The predicted octanol–water partition coefficient (Wildman–Crippen LogP) is 0.818. The Morgan fingerprint density at radius 1 is 1.04 bits per heavy atom. The van der Waals surface area contributed by atoms with Gasteiger partial charge in [-0.1, -0.05) is 24.3 Å². The minimum atomic E-state index is 0.590. The maximum atomic E-state index is 4.69. The molecule has 1 aliphatic heterocycles. The van der Waals surface area contributed by atoms with Gasteiger partial charge in [0.25, 0.3) is 0 Å². The van der Waals surface area contributed by atoms with Gasteiger partial charge in [0.05, 0.1) is 13.1 Å². The van der Waals surface area contributed by atoms with E-state index >= 15 is 0 Å². The molecule has 0 radical (unpaired) electrons. The van der Waals surface area contributed by atoms with Crippen LogP contribution in [0.15, 0.2) is 35.6 Å². The van der Waals surface area contributed by atoms with Crippen molar-refractivity contribution in [3.05, 3.63) is 47.5 Å². The first kappa shape index (κ1) is 20.3. The number of benzene rings is 1. The molecule has 1 aliphatic rings. The number of likely N-dealkylation sites (N-methyl/N-ethyl adjacent to an activating group) is 1. The summed E-state index contributed by atoms with van der Waals surface area (Å²) in [6, 6.07) is 8.81. The Balaban J connectivity index is 1.51. The van der Waals surface area contributed by atoms with Crippen LogP contribution in [0.3, 0.4) is 0 Å². The second-order valence-electron chi connectivity index (χ2n) is 7.24. The molecule has 1 aromatic carbocycles. The van der Waals surface area contributed by atoms with Crippen molar-refractivity contribution in [2.75, 3.05) is 39.8 Å². The monoisotopic (exact) mass is 384 g/mol. The molecule has 0 amide bonds. The predicted molar refractivity (Wildman–Crippen MR) is 112 cm³/mol. The lowest BCUT2D eigenvalue weighted by Gasteiger charge is -2.32. The Bertz CT molecular complexity index is 744. The van der Waals surface area contributed by atoms with E-state index in [2.05, 4.69) is 73.7 Å². The highest BCUT2D eigenvalue weighted by Crippen LogP contribution is 2.10. The van der Waals surface area contributed by atoms with Gasteiger partial charge in [-0.3, -0.25) is 9.58 Å². The van der Waals surface area contributed by atoms with Crippen LogP contribution in [0.2, 0.25) is 0 Å². The Kier molecular flexibility index (Phi) is 7.39. The van der Waals surface area contributed by atoms with Gasteiger partial charge in [-0.2, -0.15) is 5.10 Å². The minimum Gasteiger partial charge on any atom is -0.357 e. The molecule has 28 heavy (non-hydrogen) atoms. The zero-order valence-electron chi connectivity index (χ0n) is 17.2. The molecule has 1 aromatic heterocycles. The van der Waals surface area contributed by atoms with Gasteiger partial charge >= 0.3 is 0 Å². The molecule has 2 heterocycles. The minimum absolute atomic E-state index is 0.590. The molecule has 0 unspecified atom stereocenters. The third kappa shape index (κ3) is 6.03. The van der Waals surface area contributed by atoms with Gasteiger partial charge < -0.3 is 15.5 Å². The quantitative estimate of drug-likeness (QED) is 0.544. The lowest BCUT2D eigenvalue weighted by Crippen LogP contribution is -2.43. The highest BCUT2D eigenvalue weighted by molar-refractivity contribution is 5.79. The van der Waals surface area contributed by atoms with Gasteiger partial charge in [-0.05, 0) is 25.1 Å². The molecule has 152 valence electrons. The van der Waals surface area contributed by atoms with E-state index in [0.717, 1.165) is 51.1 Å². The summed E-state index contributed by atoms with van der Waals surface area (Å²) < 4.78 is 1.76. The van der Waals surface area contributed by atoms with Gasteiger partial charge in [0.1, 0.15) is 12.2 Å². The van der Waals surface area contributed by atoms with Gasteiger partial charge in [-0.15, -0.1) is 0 Å². The maximum absolute atomic E-state index is 4.69. The molecule has 0 atom stereocenters. The van der Waals surface area contributed by atoms with E-state index in [4.69, 9.17) is 0 Å². The first-order chi connectivity index (χ1) is 13.6. The molecule has 2 aromatic rings. The van der Waals surface area contributed by atoms with E-state index in [-0.39, 0.29) is 0 Å². The van der Waals surface area contributed by atoms with E-state index in [1.165, 1.54) is 11.1 Å². The van der Waals surface area contributed by atoms with Crippen molar-refractivity contribution in [2.24, 2.45) is 12.0 Å². The van der Waals surface area contributed by atoms with Gasteiger partial charge in [0.15, 0.2) is 5.96 Å². The third-order valence-corrected chi connectivity index (χ3v) is 5.01. The van der Waals surface area contributed by atoms with Crippen molar-refractivity contribution in [3.63, 3.8) is 0 Å². The number of rotatable bonds is 7. The van der Waals surface area contributed by atoms with E-state index < -0.39 is 0 Å². The first-order valence-corrected chi connectivity index (χ1v) is 9.98. The van der Waals surface area contributed by atoms with Crippen LogP contribution in [0.25, 0.3) is 0 Å². The van der Waals surface area contributed by atoms with Crippen LogP contribution >= 0.6 is 0 Å². The fourth-order valence-electron chi connectivity index (χ4n) is 3.17. The van der Waals surface area contributed by atoms with Crippen molar-refractivity contribution in [3.8, 4) is 0 Å². The highest BCUT2D eigenvalue weighted by atomic mass is 15.3. The number of nitrogens with zero attached hydrogens (tertiary/aromatic N) is 6. The average molecular weight is 385 g/mol. The van der Waals surface area contributed by atoms with Crippen LogP contribution in [0, 0.1) is 0 Å². The fourth-order valence-corrected chi connectivity index (χ4v) is 3.17. The molecule has 2 N–H and O–H groups in total. The normalized spacial score (nSPS) is 16.3. The second kappa shape index (κ2) is 10.2. The standard InChI is InChI=1S/C20H32N8/c1-4-21-20(23-14-19-24-16-25-27(19)3)22-13-17-5-7-18(8-6-17)15-28-11-9-26(2)10-12-28/h5-8,16H,4,9-15H2,1-3H3,(H2,21,22,23). The van der Waals surface area contributed by atoms with Gasteiger partial charge in [-0.25, -0.2) is 9.98 Å². The van der Waals surface area contributed by atoms with Crippen molar-refractivity contribution in [1.82, 2.24) is 35.2 Å². The van der Waals surface area contributed by atoms with Crippen molar-refractivity contribution in [2.45, 2.75) is 26.6 Å². The zero-order valence-corrected chi connectivity index (χ0v) is 17.2. The van der Waals surface area contributed by atoms with Crippen LogP contribution in [0.4, 0.5) is 0 Å². The van der Waals surface area contributed by atoms with E-state index in [1.54, 1.807) is 11.0 Å². The summed E-state index contributed by atoms with van der Waals surface area (Å²) in [5.41, 5.74) is 2.57. The largest absolute Gasteiger partial charge is 0.357 e. The van der Waals surface area contributed by atoms with Gasteiger partial charge in [0.2, 0.25) is 0 Å². The Hall–Kier alpha value is -2.45. The molecule has 0 saturated carbocycles. The molecule has 0 spiro atoms. The lowest BCUT2D eigenvalue weighted by atomic mass is 10.1. The van der Waals surface area contributed by atoms with Crippen LogP contribution < -0.4 is 10.6 Å². The molecule has 1 fully saturated rings. The van der Waals surface area contributed by atoms with Crippen LogP contribution in [-0.2, 0) is 26.7 Å². The third-order valence-electron chi connectivity index (χ3n) is 5.01. The summed E-state index contributed by atoms with van der Waals surface area (Å²) in [4.78, 5) is 13.8. The van der Waals surface area contributed by atoms with Crippen LogP contribution in [0.1, 0.15) is 23.9 Å². The summed E-state index contributed by atoms with van der Waals surface area (Å²) in [5, 5.41) is 10.7. The lowest BCUT2D eigenvalue weighted by molar-refractivity contribution is 0.148. The number of aromatic nitrogens is 3. The molecule has 1 saturated heterocycles. The maximum Gasteiger partial charge on any atom is 0.191 e. The van der Waals surface area contributed by atoms with Gasteiger partial charge in [0, 0.05) is 46.3 Å².